The van der Waals surface area contributed by atoms with E-state index in [1.807, 2.05) is 58.7 Å². The van der Waals surface area contributed by atoms with Crippen LogP contribution >= 0.6 is 0 Å². The van der Waals surface area contributed by atoms with Crippen LogP contribution in [0, 0.1) is 0 Å². The van der Waals surface area contributed by atoms with Gasteiger partial charge in [0, 0.05) is 11.1 Å². The van der Waals surface area contributed by atoms with Gasteiger partial charge in [0.25, 0.3) is 0 Å². The van der Waals surface area contributed by atoms with E-state index < -0.39 is 11.2 Å². The number of nitrogens with zero attached hydrogens (tertiary/aromatic N) is 2. The Bertz CT molecular complexity index is 1000. The average molecular weight is 408 g/mol. The Morgan fingerprint density at radius 2 is 1.20 bits per heavy atom. The molecule has 8 nitrogen and oxygen atoms in total. The van der Waals surface area contributed by atoms with Crippen molar-refractivity contribution in [3.8, 4) is 0 Å². The van der Waals surface area contributed by atoms with Crippen molar-refractivity contribution in [3.63, 3.8) is 0 Å². The number of hydrogen-bond acceptors (Lipinski definition) is 8. The fourth-order valence-electron chi connectivity index (χ4n) is 5.62. The third-order valence-corrected chi connectivity index (χ3v) is 6.75. The van der Waals surface area contributed by atoms with Crippen LogP contribution in [0.3, 0.4) is 0 Å². The molecule has 4 aliphatic heterocycles. The highest BCUT2D eigenvalue weighted by atomic mass is 16.8. The van der Waals surface area contributed by atoms with E-state index in [1.54, 1.807) is 0 Å². The Morgan fingerprint density at radius 1 is 0.800 bits per heavy atom. The number of hydroxylamine groups is 2. The summed E-state index contributed by atoms with van der Waals surface area (Å²) in [6.07, 6.45) is 0.0724. The molecule has 6 rings (SSSR count). The molecule has 0 unspecified atom stereocenters. The maximum atomic E-state index is 12.5. The summed E-state index contributed by atoms with van der Waals surface area (Å²) in [5.74, 6) is -0.738. The van der Waals surface area contributed by atoms with Crippen LogP contribution in [0.15, 0.2) is 48.5 Å². The van der Waals surface area contributed by atoms with E-state index in [-0.39, 0.29) is 36.9 Å². The average Bonchev–Trinajstić information content (AvgIpc) is 3.43. The van der Waals surface area contributed by atoms with Crippen molar-refractivity contribution in [1.29, 1.82) is 0 Å². The number of methoxy groups -OCH3 is 2. The first-order valence-corrected chi connectivity index (χ1v) is 9.85. The zero-order valence-electron chi connectivity index (χ0n) is 16.5. The highest BCUT2D eigenvalue weighted by Gasteiger charge is 2.78. The summed E-state index contributed by atoms with van der Waals surface area (Å²) in [6, 6.07) is 14.8. The van der Waals surface area contributed by atoms with Crippen LogP contribution in [0.2, 0.25) is 0 Å². The van der Waals surface area contributed by atoms with Gasteiger partial charge in [0.2, 0.25) is 0 Å². The van der Waals surface area contributed by atoms with Gasteiger partial charge in [0.05, 0.1) is 38.4 Å². The first kappa shape index (κ1) is 17.7. The van der Waals surface area contributed by atoms with Crippen LogP contribution in [-0.4, -0.2) is 38.2 Å². The second-order valence-electron chi connectivity index (χ2n) is 8.04. The molecule has 2 aromatic rings. The van der Waals surface area contributed by atoms with Gasteiger partial charge in [0.1, 0.15) is 12.1 Å². The van der Waals surface area contributed by atoms with E-state index in [2.05, 4.69) is 0 Å². The minimum atomic E-state index is -0.972. The van der Waals surface area contributed by atoms with E-state index >= 15 is 0 Å². The van der Waals surface area contributed by atoms with Gasteiger partial charge in [-0.2, -0.15) is 0 Å². The minimum Gasteiger partial charge on any atom is -0.469 e. The Morgan fingerprint density at radius 3 is 1.60 bits per heavy atom. The summed E-state index contributed by atoms with van der Waals surface area (Å²) in [6.45, 7) is 0. The van der Waals surface area contributed by atoms with Crippen molar-refractivity contribution in [1.82, 2.24) is 0 Å². The molecule has 0 aliphatic carbocycles. The summed E-state index contributed by atoms with van der Waals surface area (Å²) in [5.41, 5.74) is 1.47. The van der Waals surface area contributed by atoms with Gasteiger partial charge >= 0.3 is 11.9 Å². The van der Waals surface area contributed by atoms with Crippen LogP contribution in [0.5, 0.6) is 0 Å². The summed E-state index contributed by atoms with van der Waals surface area (Å²) in [5, 5.41) is 3.64. The lowest BCUT2D eigenvalue weighted by atomic mass is 9.77. The van der Waals surface area contributed by atoms with E-state index in [9.17, 15) is 9.59 Å². The Hall–Kier alpha value is -3.10. The van der Waals surface area contributed by atoms with Crippen molar-refractivity contribution in [2.45, 2.75) is 36.1 Å². The molecule has 0 aromatic heterocycles. The number of rotatable bonds is 4. The highest BCUT2D eigenvalue weighted by Crippen LogP contribution is 2.67. The third-order valence-electron chi connectivity index (χ3n) is 6.75. The molecule has 0 spiro atoms. The van der Waals surface area contributed by atoms with Crippen LogP contribution < -0.4 is 10.1 Å². The van der Waals surface area contributed by atoms with Gasteiger partial charge in [0.15, 0.2) is 11.2 Å². The molecule has 2 saturated heterocycles. The largest absolute Gasteiger partial charge is 0.469 e. The zero-order chi connectivity index (χ0) is 20.7. The van der Waals surface area contributed by atoms with Gasteiger partial charge in [-0.1, -0.05) is 36.4 Å². The molecule has 0 amide bonds. The quantitative estimate of drug-likeness (QED) is 0.713. The predicted molar refractivity (Wildman–Crippen MR) is 104 cm³/mol. The molecule has 0 saturated carbocycles. The highest BCUT2D eigenvalue weighted by molar-refractivity contribution is 5.80. The smallest absolute Gasteiger partial charge is 0.309 e. The van der Waals surface area contributed by atoms with Gasteiger partial charge < -0.3 is 9.47 Å². The fourth-order valence-corrected chi connectivity index (χ4v) is 5.62. The summed E-state index contributed by atoms with van der Waals surface area (Å²) < 4.78 is 10.0. The summed E-state index contributed by atoms with van der Waals surface area (Å²) in [7, 11) is 2.74. The predicted octanol–water partition coefficient (Wildman–Crippen LogP) is 2.17. The first-order valence-electron chi connectivity index (χ1n) is 9.85. The Labute approximate surface area is 172 Å². The molecule has 2 aromatic carbocycles. The number of carbonyl (C=O) groups excluding carboxylic acids is 2. The maximum absolute atomic E-state index is 12.5. The van der Waals surface area contributed by atoms with Crippen molar-refractivity contribution < 1.29 is 28.7 Å². The number of anilines is 2. The topological polar surface area (TPSA) is 77.5 Å². The molecule has 4 heterocycles. The van der Waals surface area contributed by atoms with Gasteiger partial charge in [-0.05, 0) is 12.1 Å². The van der Waals surface area contributed by atoms with Crippen LogP contribution in [-0.2, 0) is 39.9 Å². The molecule has 0 N–H and O–H groups in total. The molecule has 30 heavy (non-hydrogen) atoms. The molecule has 4 aliphatic rings. The molecule has 4 atom stereocenters. The standard InChI is InChI=1S/C22H20N2O6/c1-27-17(25)11-21-13-7-3-5-9-15(13)23-19(21)20-22(30-23,12-18(26)28-2)14-8-4-6-10-16(14)24(20)29-21/h3-10,19-20H,11-12H2,1-2H3/t19-,20-,21-,22-/m1/s1. The molecule has 154 valence electrons. The monoisotopic (exact) mass is 408 g/mol. The molecule has 2 fully saturated rings. The van der Waals surface area contributed by atoms with Crippen molar-refractivity contribution >= 4 is 23.3 Å². The lowest BCUT2D eigenvalue weighted by Gasteiger charge is -2.27. The lowest BCUT2D eigenvalue weighted by Crippen LogP contribution is -2.46. The minimum absolute atomic E-state index is 0.0362. The fraction of sp³-hybridized carbons (Fsp3) is 0.364. The summed E-state index contributed by atoms with van der Waals surface area (Å²) in [4.78, 5) is 38.1. The number of para-hydroxylation sites is 2. The van der Waals surface area contributed by atoms with Crippen molar-refractivity contribution in [2.24, 2.45) is 0 Å². The number of ether oxygens (including phenoxy) is 2. The van der Waals surface area contributed by atoms with Crippen molar-refractivity contribution in [2.75, 3.05) is 24.3 Å². The normalized spacial score (nSPS) is 31.4. The Balaban J connectivity index is 1.58. The van der Waals surface area contributed by atoms with Crippen molar-refractivity contribution in [3.05, 3.63) is 59.7 Å². The van der Waals surface area contributed by atoms with Crippen LogP contribution in [0.25, 0.3) is 0 Å². The van der Waals surface area contributed by atoms with E-state index in [0.717, 1.165) is 22.5 Å². The second kappa shape index (κ2) is 5.74. The number of hydrogen-bond donors (Lipinski definition) is 0. The maximum Gasteiger partial charge on any atom is 0.309 e. The molecule has 0 bridgehead atoms. The van der Waals surface area contributed by atoms with E-state index in [4.69, 9.17) is 19.1 Å². The van der Waals surface area contributed by atoms with Gasteiger partial charge in [-0.25, -0.2) is 10.1 Å². The van der Waals surface area contributed by atoms with Gasteiger partial charge in [-0.15, -0.1) is 0 Å². The summed E-state index contributed by atoms with van der Waals surface area (Å²) >= 11 is 0. The number of carbonyl (C=O) groups is 2. The second-order valence-corrected chi connectivity index (χ2v) is 8.04. The lowest BCUT2D eigenvalue weighted by molar-refractivity contribution is -0.150. The third kappa shape index (κ3) is 1.88. The van der Waals surface area contributed by atoms with E-state index in [0.29, 0.717) is 0 Å². The first-order chi connectivity index (χ1) is 14.6. The van der Waals surface area contributed by atoms with Crippen LogP contribution in [0.1, 0.15) is 24.0 Å². The Kier molecular flexibility index (Phi) is 3.39. The zero-order valence-corrected chi connectivity index (χ0v) is 16.5. The SMILES string of the molecule is COC(=O)C[C@@]12ON3c4ccccc4[C@@]4(CC(=O)OC)ON(c5ccccc51)[C@@H]2[C@@H]34. The molecular weight excluding hydrogens is 388 g/mol. The van der Waals surface area contributed by atoms with Gasteiger partial charge in [-0.3, -0.25) is 19.3 Å². The van der Waals surface area contributed by atoms with Crippen LogP contribution in [0.4, 0.5) is 11.4 Å². The molecule has 8 heteroatoms. The number of fused-ring (bicyclic) bond motifs is 6. The molecule has 0 radical (unpaired) electrons. The molecular formula is C22H20N2O6. The number of benzene rings is 2. The van der Waals surface area contributed by atoms with E-state index in [1.165, 1.54) is 14.2 Å². The number of esters is 2.